The van der Waals surface area contributed by atoms with Crippen LogP contribution in [0, 0.1) is 0 Å². The van der Waals surface area contributed by atoms with Gasteiger partial charge in [-0.15, -0.1) is 0 Å². The van der Waals surface area contributed by atoms with Crippen molar-refractivity contribution in [3.63, 3.8) is 0 Å². The van der Waals surface area contributed by atoms with Crippen molar-refractivity contribution in [2.45, 2.75) is 32.9 Å². The quantitative estimate of drug-likeness (QED) is 0.625. The summed E-state index contributed by atoms with van der Waals surface area (Å²) in [4.78, 5) is 2.33. The van der Waals surface area contributed by atoms with Crippen molar-refractivity contribution in [1.82, 2.24) is 4.90 Å². The fraction of sp³-hybridized carbons (Fsp3) is 0.500. The molecule has 0 saturated heterocycles. The van der Waals surface area contributed by atoms with E-state index in [4.69, 9.17) is 4.74 Å². The van der Waals surface area contributed by atoms with E-state index in [-0.39, 0.29) is 5.54 Å². The van der Waals surface area contributed by atoms with Crippen molar-refractivity contribution in [2.75, 3.05) is 6.73 Å². The van der Waals surface area contributed by atoms with Gasteiger partial charge in [-0.2, -0.15) is 0 Å². The van der Waals surface area contributed by atoms with Gasteiger partial charge in [0, 0.05) is 17.6 Å². The molecule has 1 aromatic rings. The minimum absolute atomic E-state index is 0.174. The lowest BCUT2D eigenvalue weighted by Gasteiger charge is -2.38. The molecule has 0 atom stereocenters. The average Bonchev–Trinajstić information content (AvgIpc) is 2.16. The summed E-state index contributed by atoms with van der Waals surface area (Å²) in [7, 11) is 0. The number of hydrogen-bond donors (Lipinski definition) is 0. The van der Waals surface area contributed by atoms with Gasteiger partial charge in [-0.05, 0) is 26.8 Å². The zero-order valence-electron chi connectivity index (χ0n) is 9.08. The Morgan fingerprint density at radius 2 is 1.93 bits per heavy atom. The zero-order valence-corrected chi connectivity index (χ0v) is 9.08. The van der Waals surface area contributed by atoms with Gasteiger partial charge in [0.1, 0.15) is 12.5 Å². The third kappa shape index (κ3) is 1.75. The first-order chi connectivity index (χ1) is 6.57. The number of rotatable bonds is 0. The third-order valence-corrected chi connectivity index (χ3v) is 2.66. The van der Waals surface area contributed by atoms with Crippen LogP contribution in [0.4, 0.5) is 0 Å². The molecule has 1 aromatic carbocycles. The van der Waals surface area contributed by atoms with Crippen LogP contribution >= 0.6 is 0 Å². The molecule has 2 nitrogen and oxygen atoms in total. The first kappa shape index (κ1) is 9.53. The van der Waals surface area contributed by atoms with Crippen LogP contribution in [0.1, 0.15) is 26.3 Å². The second-order valence-corrected chi connectivity index (χ2v) is 4.75. The second-order valence-electron chi connectivity index (χ2n) is 4.75. The van der Waals surface area contributed by atoms with E-state index in [1.807, 2.05) is 12.1 Å². The normalized spacial score (nSPS) is 17.4. The van der Waals surface area contributed by atoms with Gasteiger partial charge in [-0.3, -0.25) is 4.90 Å². The summed E-state index contributed by atoms with van der Waals surface area (Å²) < 4.78 is 5.69. The highest BCUT2D eigenvalue weighted by Gasteiger charge is 2.26. The number of benzene rings is 1. The standard InChI is InChI=1S/C12H17NO/c1-12(2,3)13-8-10-6-4-5-7-11(10)14-9-13/h4-7H,8-9H2,1-3H3. The summed E-state index contributed by atoms with van der Waals surface area (Å²) in [6.07, 6.45) is 0. The van der Waals surface area contributed by atoms with Crippen LogP contribution in [0.15, 0.2) is 24.3 Å². The van der Waals surface area contributed by atoms with Crippen LogP contribution in [0.3, 0.4) is 0 Å². The Bertz CT molecular complexity index is 327. The predicted octanol–water partition coefficient (Wildman–Crippen LogP) is 2.64. The van der Waals surface area contributed by atoms with Gasteiger partial charge < -0.3 is 4.74 Å². The molecular weight excluding hydrogens is 174 g/mol. The topological polar surface area (TPSA) is 12.5 Å². The maximum Gasteiger partial charge on any atom is 0.142 e. The van der Waals surface area contributed by atoms with Gasteiger partial charge in [0.2, 0.25) is 0 Å². The lowest BCUT2D eigenvalue weighted by atomic mass is 10.0. The molecule has 2 heteroatoms. The van der Waals surface area contributed by atoms with Crippen molar-refractivity contribution in [3.8, 4) is 5.75 Å². The molecule has 1 aliphatic heterocycles. The largest absolute Gasteiger partial charge is 0.478 e. The van der Waals surface area contributed by atoms with Crippen molar-refractivity contribution in [2.24, 2.45) is 0 Å². The molecule has 0 aliphatic carbocycles. The Hall–Kier alpha value is -1.02. The molecule has 0 bridgehead atoms. The van der Waals surface area contributed by atoms with Crippen LogP contribution in [-0.4, -0.2) is 17.2 Å². The predicted molar refractivity (Wildman–Crippen MR) is 57.2 cm³/mol. The molecule has 0 saturated carbocycles. The molecule has 0 radical (unpaired) electrons. The van der Waals surface area contributed by atoms with Gasteiger partial charge in [0.15, 0.2) is 0 Å². The molecule has 0 aromatic heterocycles. The van der Waals surface area contributed by atoms with E-state index >= 15 is 0 Å². The monoisotopic (exact) mass is 191 g/mol. The lowest BCUT2D eigenvalue weighted by Crippen LogP contribution is -2.45. The van der Waals surface area contributed by atoms with Crippen LogP contribution in [0.5, 0.6) is 5.75 Å². The van der Waals surface area contributed by atoms with E-state index in [2.05, 4.69) is 37.8 Å². The minimum Gasteiger partial charge on any atom is -0.478 e. The molecule has 0 amide bonds. The first-order valence-electron chi connectivity index (χ1n) is 5.03. The summed E-state index contributed by atoms with van der Waals surface area (Å²) in [5.74, 6) is 1.04. The Morgan fingerprint density at radius 3 is 2.64 bits per heavy atom. The van der Waals surface area contributed by atoms with Crippen LogP contribution < -0.4 is 4.74 Å². The number of fused-ring (bicyclic) bond motifs is 1. The fourth-order valence-corrected chi connectivity index (χ4v) is 1.60. The van der Waals surface area contributed by atoms with Crippen LogP contribution in [-0.2, 0) is 6.54 Å². The molecule has 0 unspecified atom stereocenters. The number of ether oxygens (including phenoxy) is 1. The van der Waals surface area contributed by atoms with E-state index in [0.717, 1.165) is 12.3 Å². The van der Waals surface area contributed by atoms with Crippen molar-refractivity contribution >= 4 is 0 Å². The summed E-state index contributed by atoms with van der Waals surface area (Å²) in [6, 6.07) is 8.25. The highest BCUT2D eigenvalue weighted by Crippen LogP contribution is 2.28. The zero-order chi connectivity index (χ0) is 10.2. The van der Waals surface area contributed by atoms with Crippen LogP contribution in [0.25, 0.3) is 0 Å². The van der Waals surface area contributed by atoms with Gasteiger partial charge in [-0.25, -0.2) is 0 Å². The molecule has 0 spiro atoms. The molecule has 14 heavy (non-hydrogen) atoms. The van der Waals surface area contributed by atoms with Crippen molar-refractivity contribution in [3.05, 3.63) is 29.8 Å². The van der Waals surface area contributed by atoms with Gasteiger partial charge in [0.05, 0.1) is 0 Å². The van der Waals surface area contributed by atoms with Crippen molar-refractivity contribution < 1.29 is 4.74 Å². The number of para-hydroxylation sites is 1. The Kier molecular flexibility index (Phi) is 2.23. The summed E-state index contributed by atoms with van der Waals surface area (Å²) >= 11 is 0. The van der Waals surface area contributed by atoms with Crippen LogP contribution in [0.2, 0.25) is 0 Å². The van der Waals surface area contributed by atoms with Gasteiger partial charge in [-0.1, -0.05) is 18.2 Å². The summed E-state index contributed by atoms with van der Waals surface area (Å²) in [5, 5.41) is 0. The van der Waals surface area contributed by atoms with E-state index in [1.165, 1.54) is 5.56 Å². The first-order valence-corrected chi connectivity index (χ1v) is 5.03. The van der Waals surface area contributed by atoms with Gasteiger partial charge in [0.25, 0.3) is 0 Å². The molecule has 1 heterocycles. The SMILES string of the molecule is CC(C)(C)N1COc2ccccc2C1. The van der Waals surface area contributed by atoms with E-state index in [9.17, 15) is 0 Å². The Morgan fingerprint density at radius 1 is 1.21 bits per heavy atom. The van der Waals surface area contributed by atoms with E-state index in [0.29, 0.717) is 6.73 Å². The maximum absolute atomic E-state index is 5.69. The Balaban J connectivity index is 2.22. The molecule has 76 valence electrons. The fourth-order valence-electron chi connectivity index (χ4n) is 1.60. The highest BCUT2D eigenvalue weighted by atomic mass is 16.5. The lowest BCUT2D eigenvalue weighted by molar-refractivity contribution is 0.0218. The molecule has 1 aliphatic rings. The minimum atomic E-state index is 0.174. The van der Waals surface area contributed by atoms with Gasteiger partial charge >= 0.3 is 0 Å². The average molecular weight is 191 g/mol. The summed E-state index contributed by atoms with van der Waals surface area (Å²) in [6.45, 7) is 8.32. The number of hydrogen-bond acceptors (Lipinski definition) is 2. The summed E-state index contributed by atoms with van der Waals surface area (Å²) in [5.41, 5.74) is 1.46. The molecular formula is C12H17NO. The molecule has 0 N–H and O–H groups in total. The number of nitrogens with zero attached hydrogens (tertiary/aromatic N) is 1. The smallest absolute Gasteiger partial charge is 0.142 e. The molecule has 0 fully saturated rings. The van der Waals surface area contributed by atoms with E-state index < -0.39 is 0 Å². The Labute approximate surface area is 85.5 Å². The maximum atomic E-state index is 5.69. The highest BCUT2D eigenvalue weighted by molar-refractivity contribution is 5.34. The molecule has 2 rings (SSSR count). The second kappa shape index (κ2) is 3.28. The third-order valence-electron chi connectivity index (χ3n) is 2.66. The van der Waals surface area contributed by atoms with E-state index in [1.54, 1.807) is 0 Å². The van der Waals surface area contributed by atoms with Crippen molar-refractivity contribution in [1.29, 1.82) is 0 Å².